The Labute approximate surface area is 170 Å². The molecule has 1 heterocycles. The van der Waals surface area contributed by atoms with Crippen molar-refractivity contribution in [3.05, 3.63) is 54.1 Å². The van der Waals surface area contributed by atoms with Crippen molar-refractivity contribution in [3.63, 3.8) is 0 Å². The smallest absolute Gasteiger partial charge is 0.323 e. The summed E-state index contributed by atoms with van der Waals surface area (Å²) in [6, 6.07) is 13.4. The molecule has 0 unspecified atom stereocenters. The average Bonchev–Trinajstić information content (AvgIpc) is 2.72. The van der Waals surface area contributed by atoms with Crippen molar-refractivity contribution in [2.45, 2.75) is 33.2 Å². The van der Waals surface area contributed by atoms with Crippen LogP contribution in [0.5, 0.6) is 0 Å². The molecule has 2 atom stereocenters. The molecule has 0 bridgehead atoms. The fourth-order valence-electron chi connectivity index (χ4n) is 3.25. The van der Waals surface area contributed by atoms with E-state index >= 15 is 0 Å². The minimum absolute atomic E-state index is 0.0863. The second-order valence-electron chi connectivity index (χ2n) is 7.27. The zero-order valence-electron chi connectivity index (χ0n) is 16.9. The highest BCUT2D eigenvalue weighted by Gasteiger charge is 2.32. The van der Waals surface area contributed by atoms with Gasteiger partial charge in [-0.1, -0.05) is 50.6 Å². The van der Waals surface area contributed by atoms with Gasteiger partial charge in [0.15, 0.2) is 0 Å². The van der Waals surface area contributed by atoms with Crippen LogP contribution in [0.15, 0.2) is 48.5 Å². The summed E-state index contributed by atoms with van der Waals surface area (Å²) < 4.78 is 0. The Balaban J connectivity index is 1.80. The second kappa shape index (κ2) is 8.77. The third-order valence-corrected chi connectivity index (χ3v) is 5.19. The minimum atomic E-state index is -0.732. The highest BCUT2D eigenvalue weighted by Crippen LogP contribution is 2.29. The minimum Gasteiger partial charge on any atom is -0.326 e. The van der Waals surface area contributed by atoms with Gasteiger partial charge in [-0.3, -0.25) is 14.5 Å². The number of fused-ring (bicyclic) bond motifs is 1. The van der Waals surface area contributed by atoms with Crippen LogP contribution in [-0.2, 0) is 9.59 Å². The third-order valence-electron chi connectivity index (χ3n) is 5.19. The third kappa shape index (κ3) is 4.56. The lowest BCUT2D eigenvalue weighted by Gasteiger charge is -2.32. The number of benzene rings is 2. The predicted octanol–water partition coefficient (Wildman–Crippen LogP) is 3.52. The maximum atomic E-state index is 13.0. The summed E-state index contributed by atoms with van der Waals surface area (Å²) in [7, 11) is 0. The Kier molecular flexibility index (Phi) is 6.16. The lowest BCUT2D eigenvalue weighted by atomic mass is 9.98. The molecule has 0 saturated heterocycles. The van der Waals surface area contributed by atoms with E-state index in [2.05, 4.69) is 16.0 Å². The highest BCUT2D eigenvalue weighted by molar-refractivity contribution is 6.10. The van der Waals surface area contributed by atoms with Crippen molar-refractivity contribution in [2.75, 3.05) is 22.1 Å². The largest absolute Gasteiger partial charge is 0.326 e. The Morgan fingerprint density at radius 1 is 1.14 bits per heavy atom. The molecule has 7 nitrogen and oxygen atoms in total. The van der Waals surface area contributed by atoms with Crippen LogP contribution in [0.2, 0.25) is 0 Å². The van der Waals surface area contributed by atoms with E-state index in [1.165, 1.54) is 4.90 Å². The molecule has 3 rings (SSSR count). The van der Waals surface area contributed by atoms with E-state index in [0.29, 0.717) is 23.5 Å². The molecule has 4 amide bonds. The molecular formula is C22H26N4O3. The first-order chi connectivity index (χ1) is 13.9. The van der Waals surface area contributed by atoms with Crippen LogP contribution in [0.4, 0.5) is 21.9 Å². The van der Waals surface area contributed by atoms with Crippen LogP contribution in [0, 0.1) is 12.8 Å². The van der Waals surface area contributed by atoms with Crippen molar-refractivity contribution in [1.29, 1.82) is 0 Å². The van der Waals surface area contributed by atoms with Crippen molar-refractivity contribution in [1.82, 2.24) is 5.32 Å². The van der Waals surface area contributed by atoms with E-state index in [1.54, 1.807) is 24.3 Å². The lowest BCUT2D eigenvalue weighted by Crippen LogP contribution is -2.54. The van der Waals surface area contributed by atoms with Gasteiger partial charge in [-0.25, -0.2) is 4.79 Å². The zero-order chi connectivity index (χ0) is 21.0. The van der Waals surface area contributed by atoms with Crippen LogP contribution in [0.3, 0.4) is 0 Å². The summed E-state index contributed by atoms with van der Waals surface area (Å²) in [6.07, 6.45) is 0.712. The molecule has 152 valence electrons. The first-order valence-electron chi connectivity index (χ1n) is 9.74. The predicted molar refractivity (Wildman–Crippen MR) is 114 cm³/mol. The van der Waals surface area contributed by atoms with E-state index in [9.17, 15) is 14.4 Å². The summed E-state index contributed by atoms with van der Waals surface area (Å²) in [5.74, 6) is -0.642. The number of rotatable bonds is 5. The number of para-hydroxylation sites is 3. The van der Waals surface area contributed by atoms with Crippen molar-refractivity contribution in [3.8, 4) is 0 Å². The molecule has 1 aliphatic heterocycles. The normalized spacial score (nSPS) is 15.0. The number of urea groups is 1. The lowest BCUT2D eigenvalue weighted by molar-refractivity contribution is -0.119. The number of hydrogen-bond donors (Lipinski definition) is 3. The van der Waals surface area contributed by atoms with Crippen LogP contribution >= 0.6 is 0 Å². The number of nitrogens with one attached hydrogen (secondary N) is 3. The van der Waals surface area contributed by atoms with Crippen molar-refractivity contribution >= 4 is 34.9 Å². The number of aryl methyl sites for hydroxylation is 1. The summed E-state index contributed by atoms with van der Waals surface area (Å²) >= 11 is 0. The molecule has 1 aliphatic rings. The van der Waals surface area contributed by atoms with Gasteiger partial charge < -0.3 is 16.0 Å². The fraction of sp³-hybridized carbons (Fsp3) is 0.318. The maximum absolute atomic E-state index is 13.0. The number of anilines is 3. The van der Waals surface area contributed by atoms with Crippen LogP contribution < -0.4 is 20.9 Å². The van der Waals surface area contributed by atoms with E-state index in [-0.39, 0.29) is 24.3 Å². The fourth-order valence-corrected chi connectivity index (χ4v) is 3.25. The van der Waals surface area contributed by atoms with Gasteiger partial charge in [0.2, 0.25) is 11.8 Å². The molecule has 3 N–H and O–H groups in total. The standard InChI is InChI=1S/C22H26N4O3/c1-4-14(2)20(21(28)24-16-10-6-5-9-15(16)3)25-22(29)26-13-19(27)23-17-11-7-8-12-18(17)26/h5-12,14,20H,4,13H2,1-3H3,(H,23,27)(H,24,28)(H,25,29)/t14-,20+/m0/s1. The molecule has 0 spiro atoms. The number of nitrogens with zero attached hydrogens (tertiary/aromatic N) is 1. The van der Waals surface area contributed by atoms with E-state index < -0.39 is 12.1 Å². The molecule has 7 heteroatoms. The van der Waals surface area contributed by atoms with Crippen molar-refractivity contribution < 1.29 is 14.4 Å². The molecular weight excluding hydrogens is 368 g/mol. The van der Waals surface area contributed by atoms with Gasteiger partial charge in [-0.05, 0) is 36.6 Å². The molecule has 0 radical (unpaired) electrons. The molecule has 0 saturated carbocycles. The van der Waals surface area contributed by atoms with Crippen LogP contribution in [0.1, 0.15) is 25.8 Å². The summed E-state index contributed by atoms with van der Waals surface area (Å²) in [5, 5.41) is 8.50. The van der Waals surface area contributed by atoms with Gasteiger partial charge in [0.05, 0.1) is 11.4 Å². The highest BCUT2D eigenvalue weighted by atomic mass is 16.2. The molecule has 0 aliphatic carbocycles. The van der Waals surface area contributed by atoms with E-state index in [0.717, 1.165) is 5.56 Å². The monoisotopic (exact) mass is 394 g/mol. The average molecular weight is 394 g/mol. The van der Waals surface area contributed by atoms with Crippen LogP contribution in [-0.4, -0.2) is 30.4 Å². The zero-order valence-corrected chi connectivity index (χ0v) is 16.9. The van der Waals surface area contributed by atoms with Gasteiger partial charge in [0.25, 0.3) is 0 Å². The molecule has 0 fully saturated rings. The first kappa shape index (κ1) is 20.4. The van der Waals surface area contributed by atoms with E-state index in [1.807, 2.05) is 45.0 Å². The Bertz CT molecular complexity index is 928. The topological polar surface area (TPSA) is 90.5 Å². The second-order valence-corrected chi connectivity index (χ2v) is 7.27. The Morgan fingerprint density at radius 2 is 1.83 bits per heavy atom. The molecule has 29 heavy (non-hydrogen) atoms. The molecule has 0 aromatic heterocycles. The van der Waals surface area contributed by atoms with Crippen LogP contribution in [0.25, 0.3) is 0 Å². The Hall–Kier alpha value is -3.35. The van der Waals surface area contributed by atoms with Gasteiger partial charge in [0.1, 0.15) is 12.6 Å². The molecule has 2 aromatic carbocycles. The number of amides is 4. The summed E-state index contributed by atoms with van der Waals surface area (Å²) in [5.41, 5.74) is 2.83. The summed E-state index contributed by atoms with van der Waals surface area (Å²) in [6.45, 7) is 5.69. The van der Waals surface area contributed by atoms with Gasteiger partial charge in [-0.2, -0.15) is 0 Å². The first-order valence-corrected chi connectivity index (χ1v) is 9.74. The maximum Gasteiger partial charge on any atom is 0.323 e. The van der Waals surface area contributed by atoms with Gasteiger partial charge >= 0.3 is 6.03 Å². The number of carbonyl (C=O) groups is 3. The molecule has 2 aromatic rings. The summed E-state index contributed by atoms with van der Waals surface area (Å²) in [4.78, 5) is 39.4. The van der Waals surface area contributed by atoms with E-state index in [4.69, 9.17) is 0 Å². The number of hydrogen-bond acceptors (Lipinski definition) is 3. The van der Waals surface area contributed by atoms with Gasteiger partial charge in [-0.15, -0.1) is 0 Å². The number of carbonyl (C=O) groups excluding carboxylic acids is 3. The SMILES string of the molecule is CC[C@H](C)[C@@H](NC(=O)N1CC(=O)Nc2ccccc21)C(=O)Nc1ccccc1C. The Morgan fingerprint density at radius 3 is 2.55 bits per heavy atom. The van der Waals surface area contributed by atoms with Gasteiger partial charge in [0, 0.05) is 5.69 Å². The quantitative estimate of drug-likeness (QED) is 0.725. The van der Waals surface area contributed by atoms with Crippen molar-refractivity contribution in [2.24, 2.45) is 5.92 Å².